The zero-order valence-corrected chi connectivity index (χ0v) is 14.7. The standard InChI is InChI=1S/C17H22N6O2/c1-12-14(13(2)21(3)19-12)7-9-18-16(24)8-11-23-17(25)22-10-5-4-6-15(22)20-23/h4-6,10H,7-9,11H2,1-3H3,(H,18,24). The van der Waals surface area contributed by atoms with Gasteiger partial charge in [0.25, 0.3) is 0 Å². The summed E-state index contributed by atoms with van der Waals surface area (Å²) in [5.41, 5.74) is 3.62. The lowest BCUT2D eigenvalue weighted by Crippen LogP contribution is -2.29. The molecular weight excluding hydrogens is 320 g/mol. The molecule has 3 rings (SSSR count). The second kappa shape index (κ2) is 6.92. The van der Waals surface area contributed by atoms with Crippen LogP contribution in [-0.4, -0.2) is 36.4 Å². The summed E-state index contributed by atoms with van der Waals surface area (Å²) in [6, 6.07) is 5.35. The van der Waals surface area contributed by atoms with Gasteiger partial charge < -0.3 is 5.32 Å². The predicted octanol–water partition coefficient (Wildman–Crippen LogP) is 0.595. The summed E-state index contributed by atoms with van der Waals surface area (Å²) < 4.78 is 4.64. The molecule has 3 aromatic rings. The van der Waals surface area contributed by atoms with E-state index in [4.69, 9.17) is 0 Å². The van der Waals surface area contributed by atoms with E-state index in [-0.39, 0.29) is 24.6 Å². The SMILES string of the molecule is Cc1nn(C)c(C)c1CCNC(=O)CCn1nc2ccccn2c1=O. The number of carbonyl (C=O) groups is 1. The highest BCUT2D eigenvalue weighted by Crippen LogP contribution is 2.11. The molecule has 0 aliphatic rings. The van der Waals surface area contributed by atoms with Gasteiger partial charge in [0.15, 0.2) is 5.65 Å². The third-order valence-electron chi connectivity index (χ3n) is 4.40. The van der Waals surface area contributed by atoms with Crippen molar-refractivity contribution < 1.29 is 4.79 Å². The summed E-state index contributed by atoms with van der Waals surface area (Å²) in [6.07, 6.45) is 2.63. The molecule has 0 saturated heterocycles. The van der Waals surface area contributed by atoms with E-state index >= 15 is 0 Å². The van der Waals surface area contributed by atoms with Crippen molar-refractivity contribution in [3.63, 3.8) is 0 Å². The van der Waals surface area contributed by atoms with Crippen molar-refractivity contribution in [1.29, 1.82) is 0 Å². The predicted molar refractivity (Wildman–Crippen MR) is 93.5 cm³/mol. The van der Waals surface area contributed by atoms with Crippen LogP contribution in [0.15, 0.2) is 29.2 Å². The van der Waals surface area contributed by atoms with Gasteiger partial charge in [0.1, 0.15) is 0 Å². The lowest BCUT2D eigenvalue weighted by atomic mass is 10.1. The summed E-state index contributed by atoms with van der Waals surface area (Å²) in [4.78, 5) is 24.2. The Kier molecular flexibility index (Phi) is 4.69. The van der Waals surface area contributed by atoms with E-state index in [0.717, 1.165) is 17.8 Å². The van der Waals surface area contributed by atoms with E-state index in [9.17, 15) is 9.59 Å². The molecule has 8 heteroatoms. The first-order chi connectivity index (χ1) is 12.0. The Bertz CT molecular complexity index is 965. The summed E-state index contributed by atoms with van der Waals surface area (Å²) >= 11 is 0. The van der Waals surface area contributed by atoms with Crippen LogP contribution in [0, 0.1) is 13.8 Å². The Hall–Kier alpha value is -2.90. The Morgan fingerprint density at radius 1 is 1.24 bits per heavy atom. The lowest BCUT2D eigenvalue weighted by Gasteiger charge is -2.05. The molecule has 8 nitrogen and oxygen atoms in total. The molecule has 0 aliphatic carbocycles. The lowest BCUT2D eigenvalue weighted by molar-refractivity contribution is -0.121. The Morgan fingerprint density at radius 3 is 2.72 bits per heavy atom. The molecule has 1 N–H and O–H groups in total. The highest BCUT2D eigenvalue weighted by atomic mass is 16.2. The number of aromatic nitrogens is 5. The summed E-state index contributed by atoms with van der Waals surface area (Å²) in [7, 11) is 1.91. The minimum atomic E-state index is -0.231. The van der Waals surface area contributed by atoms with Gasteiger partial charge in [0.2, 0.25) is 5.91 Å². The van der Waals surface area contributed by atoms with Gasteiger partial charge >= 0.3 is 5.69 Å². The van der Waals surface area contributed by atoms with E-state index in [1.807, 2.05) is 31.6 Å². The summed E-state index contributed by atoms with van der Waals surface area (Å²) in [5, 5.41) is 11.5. The number of nitrogens with one attached hydrogen (secondary N) is 1. The van der Waals surface area contributed by atoms with Gasteiger partial charge in [-0.1, -0.05) is 6.07 Å². The maximum absolute atomic E-state index is 12.1. The molecule has 132 valence electrons. The van der Waals surface area contributed by atoms with Gasteiger partial charge in [-0.2, -0.15) is 5.10 Å². The van der Waals surface area contributed by atoms with Crippen molar-refractivity contribution in [3.05, 3.63) is 51.8 Å². The van der Waals surface area contributed by atoms with Crippen LogP contribution in [0.25, 0.3) is 5.65 Å². The minimum absolute atomic E-state index is 0.0943. The number of hydrogen-bond donors (Lipinski definition) is 1. The number of fused-ring (bicyclic) bond motifs is 1. The largest absolute Gasteiger partial charge is 0.356 e. The van der Waals surface area contributed by atoms with Gasteiger partial charge in [-0.25, -0.2) is 9.48 Å². The highest BCUT2D eigenvalue weighted by molar-refractivity contribution is 5.75. The van der Waals surface area contributed by atoms with E-state index in [1.165, 1.54) is 14.6 Å². The van der Waals surface area contributed by atoms with Gasteiger partial charge in [-0.05, 0) is 38.0 Å². The monoisotopic (exact) mass is 342 g/mol. The van der Waals surface area contributed by atoms with Crippen LogP contribution in [0.1, 0.15) is 23.4 Å². The first-order valence-corrected chi connectivity index (χ1v) is 8.27. The fourth-order valence-corrected chi connectivity index (χ4v) is 2.92. The van der Waals surface area contributed by atoms with Crippen molar-refractivity contribution >= 4 is 11.6 Å². The first-order valence-electron chi connectivity index (χ1n) is 8.27. The molecule has 0 fully saturated rings. The van der Waals surface area contributed by atoms with Crippen LogP contribution in [-0.2, 0) is 24.8 Å². The average Bonchev–Trinajstić information content (AvgIpc) is 3.04. The molecule has 0 unspecified atom stereocenters. The maximum atomic E-state index is 12.1. The van der Waals surface area contributed by atoms with Gasteiger partial charge in [-0.15, -0.1) is 5.10 Å². The maximum Gasteiger partial charge on any atom is 0.350 e. The Balaban J connectivity index is 1.52. The molecular formula is C17H22N6O2. The number of aryl methyl sites for hydroxylation is 3. The zero-order valence-electron chi connectivity index (χ0n) is 14.7. The highest BCUT2D eigenvalue weighted by Gasteiger charge is 2.11. The molecule has 3 aromatic heterocycles. The number of amides is 1. The number of rotatable bonds is 6. The van der Waals surface area contributed by atoms with Crippen molar-refractivity contribution in [2.45, 2.75) is 33.2 Å². The molecule has 0 aliphatic heterocycles. The van der Waals surface area contributed by atoms with Crippen molar-refractivity contribution in [2.24, 2.45) is 7.05 Å². The molecule has 0 saturated carbocycles. The molecule has 1 amide bonds. The molecule has 0 aromatic carbocycles. The van der Waals surface area contributed by atoms with E-state index < -0.39 is 0 Å². The minimum Gasteiger partial charge on any atom is -0.356 e. The topological polar surface area (TPSA) is 86.2 Å². The second-order valence-electron chi connectivity index (χ2n) is 6.06. The molecule has 0 spiro atoms. The van der Waals surface area contributed by atoms with Crippen LogP contribution < -0.4 is 11.0 Å². The van der Waals surface area contributed by atoms with Crippen LogP contribution in [0.3, 0.4) is 0 Å². The van der Waals surface area contributed by atoms with Crippen LogP contribution in [0.2, 0.25) is 0 Å². The number of pyridine rings is 1. The third kappa shape index (κ3) is 3.47. The van der Waals surface area contributed by atoms with Gasteiger partial charge in [0.05, 0.1) is 12.2 Å². The number of nitrogens with zero attached hydrogens (tertiary/aromatic N) is 5. The molecule has 25 heavy (non-hydrogen) atoms. The molecule has 3 heterocycles. The van der Waals surface area contributed by atoms with E-state index in [1.54, 1.807) is 18.3 Å². The normalized spacial score (nSPS) is 11.2. The Labute approximate surface area is 145 Å². The van der Waals surface area contributed by atoms with E-state index in [2.05, 4.69) is 15.5 Å². The van der Waals surface area contributed by atoms with Crippen molar-refractivity contribution in [1.82, 2.24) is 29.3 Å². The van der Waals surface area contributed by atoms with Crippen molar-refractivity contribution in [2.75, 3.05) is 6.54 Å². The third-order valence-corrected chi connectivity index (χ3v) is 4.40. The molecule has 0 atom stereocenters. The Morgan fingerprint density at radius 2 is 2.04 bits per heavy atom. The van der Waals surface area contributed by atoms with Crippen molar-refractivity contribution in [3.8, 4) is 0 Å². The van der Waals surface area contributed by atoms with Gasteiger partial charge in [-0.3, -0.25) is 13.9 Å². The van der Waals surface area contributed by atoms with E-state index in [0.29, 0.717) is 12.2 Å². The fraction of sp³-hybridized carbons (Fsp3) is 0.412. The molecule has 0 bridgehead atoms. The first kappa shape index (κ1) is 16.9. The number of carbonyl (C=O) groups excluding carboxylic acids is 1. The smallest absolute Gasteiger partial charge is 0.350 e. The zero-order chi connectivity index (χ0) is 18.0. The van der Waals surface area contributed by atoms with Gasteiger partial charge in [0, 0.05) is 31.9 Å². The molecule has 0 radical (unpaired) electrons. The quantitative estimate of drug-likeness (QED) is 0.711. The average molecular weight is 342 g/mol. The second-order valence-corrected chi connectivity index (χ2v) is 6.06. The number of hydrogen-bond acceptors (Lipinski definition) is 4. The van der Waals surface area contributed by atoms with Crippen LogP contribution in [0.4, 0.5) is 0 Å². The van der Waals surface area contributed by atoms with Crippen LogP contribution >= 0.6 is 0 Å². The van der Waals surface area contributed by atoms with Crippen LogP contribution in [0.5, 0.6) is 0 Å². The summed E-state index contributed by atoms with van der Waals surface area (Å²) in [6.45, 7) is 4.80. The summed E-state index contributed by atoms with van der Waals surface area (Å²) in [5.74, 6) is -0.0943. The fourth-order valence-electron chi connectivity index (χ4n) is 2.92.